The molecule has 0 aromatic heterocycles. The first kappa shape index (κ1) is 14.7. The predicted molar refractivity (Wildman–Crippen MR) is 73.2 cm³/mol. The topological polar surface area (TPSA) is 69.7 Å². The van der Waals surface area contributed by atoms with Gasteiger partial charge in [0, 0.05) is 32.6 Å². The second-order valence-corrected chi connectivity index (χ2v) is 7.41. The molecular weight excluding hydrogens is 266 g/mol. The second kappa shape index (κ2) is 6.19. The Morgan fingerprint density at radius 2 is 1.84 bits per heavy atom. The van der Waals surface area contributed by atoms with Crippen LogP contribution in [0.3, 0.4) is 0 Å². The Balaban J connectivity index is 1.79. The molecule has 0 aromatic carbocycles. The molecule has 7 heteroatoms. The number of sulfonamides is 1. The normalized spacial score (nSPS) is 22.3. The largest absolute Gasteiger partial charge is 0.340 e. The molecule has 1 N–H and O–H groups in total. The Morgan fingerprint density at radius 1 is 1.21 bits per heavy atom. The number of nitrogens with one attached hydrogen (secondary N) is 1. The van der Waals surface area contributed by atoms with Crippen molar-refractivity contribution in [3.8, 4) is 0 Å². The van der Waals surface area contributed by atoms with Gasteiger partial charge in [-0.05, 0) is 25.4 Å². The van der Waals surface area contributed by atoms with Gasteiger partial charge in [-0.15, -0.1) is 0 Å². The lowest BCUT2D eigenvalue weighted by Gasteiger charge is -2.35. The summed E-state index contributed by atoms with van der Waals surface area (Å²) in [6.45, 7) is 5.66. The Kier molecular flexibility index (Phi) is 4.81. The van der Waals surface area contributed by atoms with Crippen LogP contribution in [0.1, 0.15) is 19.8 Å². The molecule has 0 bridgehead atoms. The van der Waals surface area contributed by atoms with Crippen molar-refractivity contribution in [2.45, 2.75) is 19.8 Å². The van der Waals surface area contributed by atoms with Crippen molar-refractivity contribution in [3.05, 3.63) is 0 Å². The molecule has 19 heavy (non-hydrogen) atoms. The number of amides is 1. The first-order chi connectivity index (χ1) is 9.03. The van der Waals surface area contributed by atoms with E-state index >= 15 is 0 Å². The number of piperazine rings is 1. The van der Waals surface area contributed by atoms with Crippen molar-refractivity contribution >= 4 is 15.9 Å². The van der Waals surface area contributed by atoms with E-state index in [0.717, 1.165) is 13.1 Å². The zero-order valence-electron chi connectivity index (χ0n) is 11.5. The molecule has 0 atom stereocenters. The number of hydrogen-bond acceptors (Lipinski definition) is 4. The van der Waals surface area contributed by atoms with Crippen LogP contribution in [-0.4, -0.2) is 68.6 Å². The minimum Gasteiger partial charge on any atom is -0.340 e. The maximum atomic E-state index is 12.0. The van der Waals surface area contributed by atoms with E-state index in [4.69, 9.17) is 0 Å². The number of carbonyl (C=O) groups is 1. The van der Waals surface area contributed by atoms with Crippen LogP contribution < -0.4 is 5.32 Å². The van der Waals surface area contributed by atoms with Crippen molar-refractivity contribution in [3.63, 3.8) is 0 Å². The van der Waals surface area contributed by atoms with E-state index in [1.165, 1.54) is 4.31 Å². The average molecular weight is 289 g/mol. The van der Waals surface area contributed by atoms with E-state index in [2.05, 4.69) is 5.32 Å². The number of nitrogens with zero attached hydrogens (tertiary/aromatic N) is 2. The summed E-state index contributed by atoms with van der Waals surface area (Å²) < 4.78 is 25.3. The van der Waals surface area contributed by atoms with Crippen molar-refractivity contribution < 1.29 is 13.2 Å². The van der Waals surface area contributed by atoms with Crippen molar-refractivity contribution in [1.82, 2.24) is 14.5 Å². The number of rotatable bonds is 5. The molecule has 2 fully saturated rings. The van der Waals surface area contributed by atoms with E-state index in [-0.39, 0.29) is 11.7 Å². The molecule has 2 saturated heterocycles. The van der Waals surface area contributed by atoms with Gasteiger partial charge in [0.05, 0.1) is 5.75 Å². The molecule has 0 aliphatic carbocycles. The van der Waals surface area contributed by atoms with Crippen LogP contribution in [0.2, 0.25) is 0 Å². The monoisotopic (exact) mass is 289 g/mol. The molecule has 2 aliphatic heterocycles. The van der Waals surface area contributed by atoms with Gasteiger partial charge in [0.25, 0.3) is 0 Å². The zero-order chi connectivity index (χ0) is 13.9. The maximum absolute atomic E-state index is 12.0. The first-order valence-electron chi connectivity index (χ1n) is 6.99. The third-order valence-electron chi connectivity index (χ3n) is 3.78. The summed E-state index contributed by atoms with van der Waals surface area (Å²) >= 11 is 0. The predicted octanol–water partition coefficient (Wildman–Crippen LogP) is -0.520. The molecule has 2 heterocycles. The highest BCUT2D eigenvalue weighted by Gasteiger charge is 2.29. The van der Waals surface area contributed by atoms with Crippen LogP contribution in [0.25, 0.3) is 0 Å². The van der Waals surface area contributed by atoms with Crippen LogP contribution in [0, 0.1) is 5.92 Å². The summed E-state index contributed by atoms with van der Waals surface area (Å²) in [6, 6.07) is 0. The van der Waals surface area contributed by atoms with Gasteiger partial charge in [-0.3, -0.25) is 4.79 Å². The molecule has 6 nitrogen and oxygen atoms in total. The summed E-state index contributed by atoms with van der Waals surface area (Å²) in [7, 11) is -3.11. The molecule has 0 radical (unpaired) electrons. The van der Waals surface area contributed by atoms with Crippen LogP contribution >= 0.6 is 0 Å². The van der Waals surface area contributed by atoms with Crippen molar-refractivity contribution in [2.24, 2.45) is 5.92 Å². The Labute approximate surface area is 115 Å². The van der Waals surface area contributed by atoms with Crippen molar-refractivity contribution in [1.29, 1.82) is 0 Å². The molecule has 1 amide bonds. The SMILES string of the molecule is CCCS(=O)(=O)N1CCN(C(=O)CC2CNC2)CC1. The Hall–Kier alpha value is -0.660. The van der Waals surface area contributed by atoms with E-state index in [1.54, 1.807) is 4.90 Å². The summed E-state index contributed by atoms with van der Waals surface area (Å²) in [4.78, 5) is 13.8. The zero-order valence-corrected chi connectivity index (χ0v) is 12.3. The van der Waals surface area contributed by atoms with E-state index < -0.39 is 10.0 Å². The Bertz CT molecular complexity index is 412. The van der Waals surface area contributed by atoms with E-state index in [1.807, 2.05) is 6.92 Å². The third kappa shape index (κ3) is 3.67. The standard InChI is InChI=1S/C12H23N3O3S/c1-2-7-19(17,18)15-5-3-14(4-6-15)12(16)8-11-9-13-10-11/h11,13H,2-10H2,1H3. The fourth-order valence-electron chi connectivity index (χ4n) is 2.47. The van der Waals surface area contributed by atoms with Gasteiger partial charge in [-0.2, -0.15) is 4.31 Å². The van der Waals surface area contributed by atoms with Crippen LogP contribution in [0.5, 0.6) is 0 Å². The smallest absolute Gasteiger partial charge is 0.223 e. The fourth-order valence-corrected chi connectivity index (χ4v) is 3.97. The molecule has 110 valence electrons. The van der Waals surface area contributed by atoms with Crippen LogP contribution in [0.15, 0.2) is 0 Å². The van der Waals surface area contributed by atoms with Crippen LogP contribution in [0.4, 0.5) is 0 Å². The lowest BCUT2D eigenvalue weighted by molar-refractivity contribution is -0.133. The third-order valence-corrected chi connectivity index (χ3v) is 5.85. The minimum absolute atomic E-state index is 0.166. The van der Waals surface area contributed by atoms with Gasteiger partial charge in [0.15, 0.2) is 0 Å². The lowest BCUT2D eigenvalue weighted by Crippen LogP contribution is -2.52. The van der Waals surface area contributed by atoms with Gasteiger partial charge >= 0.3 is 0 Å². The summed E-state index contributed by atoms with van der Waals surface area (Å²) in [6.07, 6.45) is 1.23. The maximum Gasteiger partial charge on any atom is 0.223 e. The van der Waals surface area contributed by atoms with E-state index in [0.29, 0.717) is 44.9 Å². The minimum atomic E-state index is -3.11. The molecule has 0 spiro atoms. The summed E-state index contributed by atoms with van der Waals surface area (Å²) in [5, 5.41) is 3.15. The molecular formula is C12H23N3O3S. The van der Waals surface area contributed by atoms with E-state index in [9.17, 15) is 13.2 Å². The quantitative estimate of drug-likeness (QED) is 0.739. The molecule has 2 rings (SSSR count). The van der Waals surface area contributed by atoms with Gasteiger partial charge in [-0.25, -0.2) is 8.42 Å². The highest BCUT2D eigenvalue weighted by Crippen LogP contribution is 2.14. The summed E-state index contributed by atoms with van der Waals surface area (Å²) in [5.74, 6) is 0.836. The van der Waals surface area contributed by atoms with Gasteiger partial charge in [0.2, 0.25) is 15.9 Å². The van der Waals surface area contributed by atoms with Gasteiger partial charge in [-0.1, -0.05) is 6.92 Å². The lowest BCUT2D eigenvalue weighted by atomic mass is 9.98. The van der Waals surface area contributed by atoms with Crippen LogP contribution in [-0.2, 0) is 14.8 Å². The fraction of sp³-hybridized carbons (Fsp3) is 0.917. The molecule has 2 aliphatic rings. The highest BCUT2D eigenvalue weighted by atomic mass is 32.2. The van der Waals surface area contributed by atoms with Crippen molar-refractivity contribution in [2.75, 3.05) is 45.0 Å². The van der Waals surface area contributed by atoms with Gasteiger partial charge < -0.3 is 10.2 Å². The second-order valence-electron chi connectivity index (χ2n) is 5.32. The number of hydrogen-bond donors (Lipinski definition) is 1. The highest BCUT2D eigenvalue weighted by molar-refractivity contribution is 7.89. The summed E-state index contributed by atoms with van der Waals surface area (Å²) in [5.41, 5.74) is 0. The Morgan fingerprint density at radius 3 is 2.32 bits per heavy atom. The average Bonchev–Trinajstić information content (AvgIpc) is 2.34. The molecule has 0 saturated carbocycles. The molecule has 0 unspecified atom stereocenters. The first-order valence-corrected chi connectivity index (χ1v) is 8.60. The molecule has 0 aromatic rings. The van der Waals surface area contributed by atoms with Gasteiger partial charge in [0.1, 0.15) is 0 Å². The number of carbonyl (C=O) groups excluding carboxylic acids is 1.